The number of hydrogen-bond donors (Lipinski definition) is 3. The third-order valence-electron chi connectivity index (χ3n) is 4.31. The van der Waals surface area contributed by atoms with Crippen LogP contribution in [0.4, 0.5) is 0 Å². The topological polar surface area (TPSA) is 82.7 Å². The van der Waals surface area contributed by atoms with Gasteiger partial charge >= 0.3 is 0 Å². The minimum absolute atomic E-state index is 0.0688. The van der Waals surface area contributed by atoms with Crippen LogP contribution in [0.5, 0.6) is 17.2 Å². The molecule has 0 amide bonds. The fourth-order valence-electron chi connectivity index (χ4n) is 3.00. The molecule has 0 saturated heterocycles. The molecule has 0 bridgehead atoms. The van der Waals surface area contributed by atoms with Gasteiger partial charge in [-0.2, -0.15) is 0 Å². The van der Waals surface area contributed by atoms with Gasteiger partial charge in [-0.15, -0.1) is 0 Å². The Morgan fingerprint density at radius 3 is 1.88 bits per heavy atom. The van der Waals surface area contributed by atoms with Crippen molar-refractivity contribution < 1.29 is 15.3 Å². The van der Waals surface area contributed by atoms with Crippen molar-refractivity contribution in [3.63, 3.8) is 0 Å². The first-order valence-corrected chi connectivity index (χ1v) is 8.00. The van der Waals surface area contributed by atoms with E-state index in [1.54, 1.807) is 54.7 Å². The lowest BCUT2D eigenvalue weighted by Gasteiger charge is -2.13. The van der Waals surface area contributed by atoms with Crippen LogP contribution in [0.3, 0.4) is 0 Å². The summed E-state index contributed by atoms with van der Waals surface area (Å²) in [7, 11) is 0. The molecular weight excluding hydrogens is 330 g/mol. The summed E-state index contributed by atoms with van der Waals surface area (Å²) in [5.74, 6) is 0.332. The van der Waals surface area contributed by atoms with Crippen LogP contribution in [0.1, 0.15) is 0 Å². The maximum absolute atomic E-state index is 12.9. The molecule has 5 nitrogen and oxygen atoms in total. The Kier molecular flexibility index (Phi) is 3.62. The predicted molar refractivity (Wildman–Crippen MR) is 100.0 cm³/mol. The molecule has 0 aliphatic carbocycles. The standard InChI is InChI=1S/C21H15NO4/c23-15-5-1-13(2-6-15)20-12-22(14-3-7-16(24)8-4-14)21(26)18-10-9-17(25)11-19(18)20/h1-12,23-25H. The SMILES string of the molecule is O=c1c2ccc(O)cc2c(-c2ccc(O)cc2)cn1-c1ccc(O)cc1. The van der Waals surface area contributed by atoms with Crippen molar-refractivity contribution in [2.75, 3.05) is 0 Å². The molecule has 5 heteroatoms. The molecule has 0 atom stereocenters. The van der Waals surface area contributed by atoms with E-state index in [0.29, 0.717) is 16.5 Å². The van der Waals surface area contributed by atoms with Crippen LogP contribution in [-0.2, 0) is 0 Å². The van der Waals surface area contributed by atoms with Crippen molar-refractivity contribution in [1.29, 1.82) is 0 Å². The van der Waals surface area contributed by atoms with Crippen LogP contribution in [0, 0.1) is 0 Å². The summed E-state index contributed by atoms with van der Waals surface area (Å²) in [4.78, 5) is 12.9. The first kappa shape index (κ1) is 15.8. The van der Waals surface area contributed by atoms with E-state index in [2.05, 4.69) is 0 Å². The number of aromatic hydroxyl groups is 3. The molecule has 0 aliphatic heterocycles. The van der Waals surface area contributed by atoms with Gasteiger partial charge in [-0.25, -0.2) is 0 Å². The number of phenols is 3. The number of benzene rings is 3. The molecular formula is C21H15NO4. The minimum atomic E-state index is -0.229. The number of phenolic OH excluding ortho intramolecular Hbond substituents is 3. The van der Waals surface area contributed by atoms with E-state index in [-0.39, 0.29) is 22.8 Å². The lowest BCUT2D eigenvalue weighted by molar-refractivity contribution is 0.475. The van der Waals surface area contributed by atoms with Crippen molar-refractivity contribution in [2.24, 2.45) is 0 Å². The third-order valence-corrected chi connectivity index (χ3v) is 4.31. The zero-order chi connectivity index (χ0) is 18.3. The number of pyridine rings is 1. The van der Waals surface area contributed by atoms with Crippen LogP contribution in [0.2, 0.25) is 0 Å². The number of fused-ring (bicyclic) bond motifs is 1. The Labute approximate surface area is 148 Å². The van der Waals surface area contributed by atoms with Crippen LogP contribution >= 0.6 is 0 Å². The maximum atomic E-state index is 12.9. The van der Waals surface area contributed by atoms with Gasteiger partial charge in [-0.05, 0) is 60.2 Å². The smallest absolute Gasteiger partial charge is 0.262 e. The van der Waals surface area contributed by atoms with E-state index < -0.39 is 0 Å². The molecule has 128 valence electrons. The third kappa shape index (κ3) is 2.65. The zero-order valence-corrected chi connectivity index (χ0v) is 13.6. The van der Waals surface area contributed by atoms with Gasteiger partial charge in [0.25, 0.3) is 5.56 Å². The highest BCUT2D eigenvalue weighted by atomic mass is 16.3. The summed E-state index contributed by atoms with van der Waals surface area (Å²) >= 11 is 0. The van der Waals surface area contributed by atoms with Crippen molar-refractivity contribution >= 4 is 10.8 Å². The van der Waals surface area contributed by atoms with Gasteiger partial charge < -0.3 is 15.3 Å². The van der Waals surface area contributed by atoms with E-state index in [0.717, 1.165) is 11.1 Å². The normalized spacial score (nSPS) is 10.9. The Morgan fingerprint density at radius 2 is 1.23 bits per heavy atom. The highest BCUT2D eigenvalue weighted by molar-refractivity contribution is 5.97. The molecule has 0 fully saturated rings. The second-order valence-corrected chi connectivity index (χ2v) is 6.01. The van der Waals surface area contributed by atoms with Gasteiger partial charge in [-0.1, -0.05) is 12.1 Å². The average molecular weight is 345 g/mol. The fraction of sp³-hybridized carbons (Fsp3) is 0. The first-order valence-electron chi connectivity index (χ1n) is 8.00. The van der Waals surface area contributed by atoms with Crippen LogP contribution in [-0.4, -0.2) is 19.9 Å². The van der Waals surface area contributed by atoms with E-state index in [9.17, 15) is 20.1 Å². The van der Waals surface area contributed by atoms with E-state index in [4.69, 9.17) is 0 Å². The average Bonchev–Trinajstić information content (AvgIpc) is 2.64. The summed E-state index contributed by atoms with van der Waals surface area (Å²) in [6.45, 7) is 0. The molecule has 0 aliphatic rings. The Hall–Kier alpha value is -3.73. The summed E-state index contributed by atoms with van der Waals surface area (Å²) in [5, 5.41) is 30.0. The number of nitrogens with zero attached hydrogens (tertiary/aromatic N) is 1. The number of hydrogen-bond acceptors (Lipinski definition) is 4. The summed E-state index contributed by atoms with van der Waals surface area (Å²) in [6, 6.07) is 17.6. The Balaban J connectivity index is 2.07. The predicted octanol–water partition coefficient (Wildman–Crippen LogP) is 3.77. The largest absolute Gasteiger partial charge is 0.508 e. The number of rotatable bonds is 2. The Bertz CT molecular complexity index is 1160. The van der Waals surface area contributed by atoms with Crippen molar-refractivity contribution in [3.05, 3.63) is 83.3 Å². The second kappa shape index (κ2) is 5.97. The number of aromatic nitrogens is 1. The monoisotopic (exact) mass is 345 g/mol. The molecule has 4 rings (SSSR count). The van der Waals surface area contributed by atoms with Gasteiger partial charge in [0.2, 0.25) is 0 Å². The lowest BCUT2D eigenvalue weighted by Crippen LogP contribution is -2.18. The van der Waals surface area contributed by atoms with Crippen LogP contribution < -0.4 is 5.56 Å². The summed E-state index contributed by atoms with van der Waals surface area (Å²) < 4.78 is 1.50. The van der Waals surface area contributed by atoms with E-state index in [1.807, 2.05) is 0 Å². The first-order chi connectivity index (χ1) is 12.5. The molecule has 3 N–H and O–H groups in total. The van der Waals surface area contributed by atoms with E-state index in [1.165, 1.54) is 22.8 Å². The molecule has 0 radical (unpaired) electrons. The molecule has 0 saturated carbocycles. The maximum Gasteiger partial charge on any atom is 0.262 e. The second-order valence-electron chi connectivity index (χ2n) is 6.01. The van der Waals surface area contributed by atoms with E-state index >= 15 is 0 Å². The molecule has 26 heavy (non-hydrogen) atoms. The molecule has 3 aromatic carbocycles. The van der Waals surface area contributed by atoms with Gasteiger partial charge in [0, 0.05) is 28.2 Å². The molecule has 1 aromatic heterocycles. The quantitative estimate of drug-likeness (QED) is 0.516. The molecule has 1 heterocycles. The fourth-order valence-corrected chi connectivity index (χ4v) is 3.00. The van der Waals surface area contributed by atoms with Crippen molar-refractivity contribution in [3.8, 4) is 34.1 Å². The Morgan fingerprint density at radius 1 is 0.654 bits per heavy atom. The lowest BCUT2D eigenvalue weighted by atomic mass is 10.00. The van der Waals surface area contributed by atoms with Gasteiger partial charge in [0.15, 0.2) is 0 Å². The molecule has 0 spiro atoms. The van der Waals surface area contributed by atoms with Crippen LogP contribution in [0.15, 0.2) is 77.7 Å². The molecule has 0 unspecified atom stereocenters. The minimum Gasteiger partial charge on any atom is -0.508 e. The molecule has 4 aromatic rings. The van der Waals surface area contributed by atoms with Gasteiger partial charge in [0.1, 0.15) is 17.2 Å². The van der Waals surface area contributed by atoms with Gasteiger partial charge in [-0.3, -0.25) is 9.36 Å². The van der Waals surface area contributed by atoms with Crippen molar-refractivity contribution in [2.45, 2.75) is 0 Å². The van der Waals surface area contributed by atoms with Crippen molar-refractivity contribution in [1.82, 2.24) is 4.57 Å². The zero-order valence-electron chi connectivity index (χ0n) is 13.6. The van der Waals surface area contributed by atoms with Crippen LogP contribution in [0.25, 0.3) is 27.6 Å². The summed E-state index contributed by atoms with van der Waals surface area (Å²) in [6.07, 6.45) is 1.70. The summed E-state index contributed by atoms with van der Waals surface area (Å²) in [5.41, 5.74) is 1.92. The van der Waals surface area contributed by atoms with Gasteiger partial charge in [0.05, 0.1) is 0 Å². The highest BCUT2D eigenvalue weighted by Gasteiger charge is 2.12. The highest BCUT2D eigenvalue weighted by Crippen LogP contribution is 2.31.